The van der Waals surface area contributed by atoms with Crippen LogP contribution in [0.5, 0.6) is 0 Å². The molecule has 0 saturated carbocycles. The number of nitro groups is 2. The van der Waals surface area contributed by atoms with E-state index in [0.29, 0.717) is 5.56 Å². The molecule has 1 N–H and O–H groups in total. The summed E-state index contributed by atoms with van der Waals surface area (Å²) in [6, 6.07) is 11.0. The molecule has 1 aromatic carbocycles. The first-order valence-corrected chi connectivity index (χ1v) is 7.07. The molecule has 2 heterocycles. The van der Waals surface area contributed by atoms with Gasteiger partial charge in [-0.05, 0) is 12.1 Å². The van der Waals surface area contributed by atoms with E-state index in [-0.39, 0.29) is 28.3 Å². The highest BCUT2D eigenvalue weighted by molar-refractivity contribution is 5.73. The van der Waals surface area contributed by atoms with Gasteiger partial charge in [-0.1, -0.05) is 12.1 Å². The Labute approximate surface area is 144 Å². The second kappa shape index (κ2) is 6.33. The molecule has 0 radical (unpaired) electrons. The molecule has 10 nitrogen and oxygen atoms in total. The number of furan rings is 1. The number of H-pyrrole nitrogens is 1. The number of rotatable bonds is 4. The molecule has 0 saturated heterocycles. The number of non-ortho nitro benzene ring substituents is 1. The lowest BCUT2D eigenvalue weighted by Crippen LogP contribution is -2.12. The Morgan fingerprint density at radius 1 is 1.08 bits per heavy atom. The van der Waals surface area contributed by atoms with Gasteiger partial charge in [0.1, 0.15) is 22.3 Å². The van der Waals surface area contributed by atoms with Crippen molar-refractivity contribution >= 4 is 11.6 Å². The summed E-state index contributed by atoms with van der Waals surface area (Å²) in [5, 5.41) is 30.9. The Balaban J connectivity index is 2.21. The lowest BCUT2D eigenvalue weighted by molar-refractivity contribution is -0.401. The molecule has 3 aromatic rings. The van der Waals surface area contributed by atoms with Crippen LogP contribution in [0.1, 0.15) is 5.56 Å². The lowest BCUT2D eigenvalue weighted by atomic mass is 10.0. The number of benzene rings is 1. The van der Waals surface area contributed by atoms with Gasteiger partial charge >= 0.3 is 5.88 Å². The molecule has 0 amide bonds. The highest BCUT2D eigenvalue weighted by Gasteiger charge is 2.19. The summed E-state index contributed by atoms with van der Waals surface area (Å²) in [6.07, 6.45) is 0. The maximum Gasteiger partial charge on any atom is 0.433 e. The van der Waals surface area contributed by atoms with Crippen LogP contribution >= 0.6 is 0 Å². The second-order valence-corrected chi connectivity index (χ2v) is 5.12. The first kappa shape index (κ1) is 16.6. The summed E-state index contributed by atoms with van der Waals surface area (Å²) >= 11 is 0. The number of aromatic nitrogens is 1. The van der Waals surface area contributed by atoms with Gasteiger partial charge in [0, 0.05) is 29.0 Å². The van der Waals surface area contributed by atoms with Crippen molar-refractivity contribution in [3.63, 3.8) is 0 Å². The molecule has 0 aliphatic heterocycles. The third-order valence-corrected chi connectivity index (χ3v) is 3.55. The van der Waals surface area contributed by atoms with E-state index >= 15 is 0 Å². The highest BCUT2D eigenvalue weighted by atomic mass is 16.6. The van der Waals surface area contributed by atoms with Gasteiger partial charge in [-0.2, -0.15) is 5.26 Å². The maximum absolute atomic E-state index is 12.2. The van der Waals surface area contributed by atoms with E-state index < -0.39 is 21.3 Å². The van der Waals surface area contributed by atoms with Crippen LogP contribution in [0.3, 0.4) is 0 Å². The average molecular weight is 352 g/mol. The minimum atomic E-state index is -0.746. The third-order valence-electron chi connectivity index (χ3n) is 3.55. The number of nitrogens with one attached hydrogen (secondary N) is 1. The van der Waals surface area contributed by atoms with Gasteiger partial charge in [0.25, 0.3) is 11.2 Å². The topological polar surface area (TPSA) is 156 Å². The molecule has 0 fully saturated rings. The molecule has 26 heavy (non-hydrogen) atoms. The normalized spacial score (nSPS) is 10.3. The lowest BCUT2D eigenvalue weighted by Gasteiger charge is -2.06. The maximum atomic E-state index is 12.2. The van der Waals surface area contributed by atoms with Gasteiger partial charge in [-0.25, -0.2) is 0 Å². The van der Waals surface area contributed by atoms with Crippen LogP contribution in [-0.4, -0.2) is 14.8 Å². The van der Waals surface area contributed by atoms with E-state index in [0.717, 1.165) is 6.07 Å². The van der Waals surface area contributed by atoms with Crippen molar-refractivity contribution < 1.29 is 14.3 Å². The first-order valence-electron chi connectivity index (χ1n) is 7.07. The SMILES string of the molecule is N#Cc1c(-c2ccc([N+](=O)[O-])o2)cc(-c2cccc([N+](=O)[O-])c2)[nH]c1=O. The Morgan fingerprint density at radius 3 is 2.46 bits per heavy atom. The molecular weight excluding hydrogens is 344 g/mol. The number of nitro benzene ring substituents is 1. The fraction of sp³-hybridized carbons (Fsp3) is 0. The molecule has 2 aromatic heterocycles. The van der Waals surface area contributed by atoms with E-state index in [1.165, 1.54) is 30.3 Å². The van der Waals surface area contributed by atoms with E-state index in [9.17, 15) is 30.3 Å². The molecule has 0 spiro atoms. The molecule has 3 rings (SSSR count). The molecule has 0 aliphatic rings. The molecule has 0 unspecified atom stereocenters. The number of nitrogens with zero attached hydrogens (tertiary/aromatic N) is 3. The minimum Gasteiger partial charge on any atom is -0.401 e. The fourth-order valence-electron chi connectivity index (χ4n) is 2.38. The predicted molar refractivity (Wildman–Crippen MR) is 88.2 cm³/mol. The van der Waals surface area contributed by atoms with Crippen LogP contribution in [0.2, 0.25) is 0 Å². The molecular formula is C16H8N4O6. The Morgan fingerprint density at radius 2 is 1.85 bits per heavy atom. The molecule has 0 aliphatic carbocycles. The van der Waals surface area contributed by atoms with Crippen molar-refractivity contribution in [3.8, 4) is 28.7 Å². The van der Waals surface area contributed by atoms with Gasteiger partial charge in [0.05, 0.1) is 11.0 Å². The van der Waals surface area contributed by atoms with Crippen molar-refractivity contribution in [3.05, 3.63) is 78.6 Å². The van der Waals surface area contributed by atoms with Crippen molar-refractivity contribution in [2.45, 2.75) is 0 Å². The number of pyridine rings is 1. The summed E-state index contributed by atoms with van der Waals surface area (Å²) in [7, 11) is 0. The van der Waals surface area contributed by atoms with Crippen LogP contribution < -0.4 is 5.56 Å². The highest BCUT2D eigenvalue weighted by Crippen LogP contribution is 2.30. The standard InChI is InChI=1S/C16H8N4O6/c17-8-12-11(14-4-5-15(26-14)20(24)25)7-13(18-16(12)21)9-2-1-3-10(6-9)19(22)23/h1-7H,(H,18,21). The summed E-state index contributed by atoms with van der Waals surface area (Å²) < 4.78 is 5.07. The van der Waals surface area contributed by atoms with E-state index in [1.807, 2.05) is 0 Å². The zero-order chi connectivity index (χ0) is 18.8. The third kappa shape index (κ3) is 2.92. The van der Waals surface area contributed by atoms with Crippen LogP contribution in [0.15, 0.2) is 51.7 Å². The van der Waals surface area contributed by atoms with E-state index in [4.69, 9.17) is 4.42 Å². The molecule has 128 valence electrons. The summed E-state index contributed by atoms with van der Waals surface area (Å²) in [5.41, 5.74) is -0.627. The predicted octanol–water partition coefficient (Wildman–Crippen LogP) is 2.99. The number of nitriles is 1. The smallest absolute Gasteiger partial charge is 0.401 e. The largest absolute Gasteiger partial charge is 0.433 e. The van der Waals surface area contributed by atoms with E-state index in [2.05, 4.69) is 4.98 Å². The minimum absolute atomic E-state index is 0.0361. The zero-order valence-electron chi connectivity index (χ0n) is 12.8. The first-order chi connectivity index (χ1) is 12.4. The van der Waals surface area contributed by atoms with Crippen molar-refractivity contribution in [1.29, 1.82) is 5.26 Å². The molecule has 10 heteroatoms. The number of hydrogen-bond donors (Lipinski definition) is 1. The van der Waals surface area contributed by atoms with Gasteiger partial charge in [0.15, 0.2) is 0 Å². The summed E-state index contributed by atoms with van der Waals surface area (Å²) in [4.78, 5) is 35.0. The van der Waals surface area contributed by atoms with E-state index in [1.54, 1.807) is 12.1 Å². The Bertz CT molecular complexity index is 1140. The summed E-state index contributed by atoms with van der Waals surface area (Å²) in [6.45, 7) is 0. The van der Waals surface area contributed by atoms with Gasteiger partial charge in [0.2, 0.25) is 0 Å². The fourth-order valence-corrected chi connectivity index (χ4v) is 2.38. The van der Waals surface area contributed by atoms with Gasteiger partial charge in [-0.3, -0.25) is 25.0 Å². The summed E-state index contributed by atoms with van der Waals surface area (Å²) in [5.74, 6) is -0.577. The van der Waals surface area contributed by atoms with Crippen LogP contribution in [-0.2, 0) is 0 Å². The van der Waals surface area contributed by atoms with Crippen LogP contribution in [0, 0.1) is 31.6 Å². The van der Waals surface area contributed by atoms with Crippen LogP contribution in [0.25, 0.3) is 22.6 Å². The van der Waals surface area contributed by atoms with Gasteiger partial charge in [-0.15, -0.1) is 0 Å². The van der Waals surface area contributed by atoms with Crippen molar-refractivity contribution in [2.75, 3.05) is 0 Å². The second-order valence-electron chi connectivity index (χ2n) is 5.12. The quantitative estimate of drug-likeness (QED) is 0.558. The monoisotopic (exact) mass is 352 g/mol. The zero-order valence-corrected chi connectivity index (χ0v) is 12.8. The van der Waals surface area contributed by atoms with Crippen LogP contribution in [0.4, 0.5) is 11.6 Å². The Kier molecular flexibility index (Phi) is 4.04. The van der Waals surface area contributed by atoms with Gasteiger partial charge < -0.3 is 9.40 Å². The molecule has 0 atom stereocenters. The number of aromatic amines is 1. The van der Waals surface area contributed by atoms with Crippen molar-refractivity contribution in [2.24, 2.45) is 0 Å². The number of hydrogen-bond acceptors (Lipinski definition) is 7. The van der Waals surface area contributed by atoms with Crippen molar-refractivity contribution in [1.82, 2.24) is 4.98 Å². The average Bonchev–Trinajstić information content (AvgIpc) is 3.11. The Hall–Kier alpha value is -4.26. The molecule has 0 bridgehead atoms.